The quantitative estimate of drug-likeness (QED) is 0.645. The summed E-state index contributed by atoms with van der Waals surface area (Å²) in [6, 6.07) is 15.3. The van der Waals surface area contributed by atoms with Crippen LogP contribution >= 0.6 is 0 Å². The van der Waals surface area contributed by atoms with Gasteiger partial charge in [-0.3, -0.25) is 9.78 Å². The number of hydrogen-bond acceptors (Lipinski definition) is 5. The Labute approximate surface area is 169 Å². The van der Waals surface area contributed by atoms with E-state index in [-0.39, 0.29) is 12.0 Å². The summed E-state index contributed by atoms with van der Waals surface area (Å²) in [5, 5.41) is 4.44. The fourth-order valence-corrected chi connectivity index (χ4v) is 3.44. The number of para-hydroxylation sites is 1. The van der Waals surface area contributed by atoms with Crippen molar-refractivity contribution in [2.75, 3.05) is 13.2 Å². The highest BCUT2D eigenvalue weighted by atomic mass is 16.7. The van der Waals surface area contributed by atoms with Crippen molar-refractivity contribution >= 4 is 5.91 Å². The third-order valence-corrected chi connectivity index (χ3v) is 4.76. The maximum atomic E-state index is 13.2. The smallest absolute Gasteiger partial charge is 0.255 e. The van der Waals surface area contributed by atoms with Gasteiger partial charge in [-0.25, -0.2) is 4.68 Å². The molecular weight excluding hydrogens is 368 g/mol. The van der Waals surface area contributed by atoms with E-state index in [4.69, 9.17) is 9.47 Å². The van der Waals surface area contributed by atoms with E-state index in [0.717, 1.165) is 11.4 Å². The van der Waals surface area contributed by atoms with Crippen molar-refractivity contribution in [3.63, 3.8) is 0 Å². The average Bonchev–Trinajstić information content (AvgIpc) is 3.34. The van der Waals surface area contributed by atoms with Gasteiger partial charge in [0.1, 0.15) is 6.10 Å². The summed E-state index contributed by atoms with van der Waals surface area (Å²) in [7, 11) is 0. The van der Waals surface area contributed by atoms with Gasteiger partial charge in [0.15, 0.2) is 5.79 Å². The van der Waals surface area contributed by atoms with Gasteiger partial charge < -0.3 is 14.4 Å². The fourth-order valence-electron chi connectivity index (χ4n) is 3.44. The zero-order valence-electron chi connectivity index (χ0n) is 16.6. The van der Waals surface area contributed by atoms with E-state index in [2.05, 4.69) is 10.1 Å². The van der Waals surface area contributed by atoms with Crippen LogP contribution in [-0.2, 0) is 16.0 Å². The molecule has 0 bridgehead atoms. The molecule has 1 saturated heterocycles. The van der Waals surface area contributed by atoms with E-state index >= 15 is 0 Å². The van der Waals surface area contributed by atoms with Crippen LogP contribution in [0.1, 0.15) is 29.9 Å². The summed E-state index contributed by atoms with van der Waals surface area (Å²) in [6.45, 7) is 5.01. The van der Waals surface area contributed by atoms with Gasteiger partial charge in [0, 0.05) is 18.6 Å². The summed E-state index contributed by atoms with van der Waals surface area (Å²) in [4.78, 5) is 19.1. The van der Waals surface area contributed by atoms with Gasteiger partial charge in [0.05, 0.1) is 36.6 Å². The van der Waals surface area contributed by atoms with Crippen molar-refractivity contribution in [1.29, 1.82) is 0 Å². The van der Waals surface area contributed by atoms with E-state index in [0.29, 0.717) is 25.3 Å². The molecule has 1 fully saturated rings. The maximum absolute atomic E-state index is 13.2. The molecule has 7 heteroatoms. The van der Waals surface area contributed by atoms with Crippen LogP contribution in [0.4, 0.5) is 0 Å². The van der Waals surface area contributed by atoms with Crippen molar-refractivity contribution in [2.45, 2.75) is 32.3 Å². The summed E-state index contributed by atoms with van der Waals surface area (Å²) < 4.78 is 13.5. The van der Waals surface area contributed by atoms with E-state index in [9.17, 15) is 4.79 Å². The third kappa shape index (κ3) is 4.52. The van der Waals surface area contributed by atoms with Gasteiger partial charge in [0.2, 0.25) is 0 Å². The number of carbonyl (C=O) groups excluding carboxylic acids is 1. The summed E-state index contributed by atoms with van der Waals surface area (Å²) in [5.41, 5.74) is 2.39. The predicted molar refractivity (Wildman–Crippen MR) is 107 cm³/mol. The van der Waals surface area contributed by atoms with E-state index in [1.54, 1.807) is 35.6 Å². The molecule has 1 amide bonds. The van der Waals surface area contributed by atoms with Crippen LogP contribution in [0.2, 0.25) is 0 Å². The zero-order chi connectivity index (χ0) is 20.3. The molecule has 0 radical (unpaired) electrons. The molecule has 3 aromatic rings. The van der Waals surface area contributed by atoms with E-state index < -0.39 is 5.79 Å². The van der Waals surface area contributed by atoms with Crippen molar-refractivity contribution in [1.82, 2.24) is 19.7 Å². The first-order chi connectivity index (χ1) is 14.0. The number of ether oxygens (including phenoxy) is 2. The molecule has 2 aromatic heterocycles. The van der Waals surface area contributed by atoms with Crippen molar-refractivity contribution in [2.24, 2.45) is 0 Å². The highest BCUT2D eigenvalue weighted by Crippen LogP contribution is 2.24. The second kappa shape index (κ2) is 8.14. The molecule has 0 unspecified atom stereocenters. The topological polar surface area (TPSA) is 69.5 Å². The molecule has 3 heterocycles. The molecule has 29 heavy (non-hydrogen) atoms. The lowest BCUT2D eigenvalue weighted by Gasteiger charge is -2.26. The number of pyridine rings is 1. The predicted octanol–water partition coefficient (Wildman–Crippen LogP) is 3.06. The molecular formula is C22H24N4O3. The van der Waals surface area contributed by atoms with Gasteiger partial charge in [-0.1, -0.05) is 18.2 Å². The highest BCUT2D eigenvalue weighted by Gasteiger charge is 2.35. The fraction of sp³-hybridized carbons (Fsp3) is 0.318. The first kappa shape index (κ1) is 19.3. The van der Waals surface area contributed by atoms with Crippen LogP contribution in [-0.4, -0.2) is 50.6 Å². The number of benzene rings is 1. The molecule has 1 atom stereocenters. The Morgan fingerprint density at radius 1 is 1.17 bits per heavy atom. The highest BCUT2D eigenvalue weighted by molar-refractivity contribution is 5.93. The minimum atomic E-state index is -0.639. The number of aromatic nitrogens is 3. The molecule has 0 saturated carbocycles. The third-order valence-electron chi connectivity index (χ3n) is 4.76. The molecule has 4 rings (SSSR count). The first-order valence-electron chi connectivity index (χ1n) is 9.61. The Balaban J connectivity index is 1.59. The lowest BCUT2D eigenvalue weighted by Crippen LogP contribution is -2.39. The van der Waals surface area contributed by atoms with Gasteiger partial charge in [-0.05, 0) is 44.2 Å². The van der Waals surface area contributed by atoms with Crippen molar-refractivity contribution in [3.05, 3.63) is 78.4 Å². The van der Waals surface area contributed by atoms with E-state index in [1.807, 2.05) is 54.9 Å². The molecule has 0 N–H and O–H groups in total. The molecule has 1 aliphatic rings. The number of amides is 1. The lowest BCUT2D eigenvalue weighted by atomic mass is 10.2. The summed E-state index contributed by atoms with van der Waals surface area (Å²) in [6.07, 6.45) is 4.79. The Kier molecular flexibility index (Phi) is 5.42. The standard InChI is InChI=1S/C22H24N4O3/c1-22(2)28-16-20(29-22)15-25(21(27)17-7-6-11-23-13-17)14-19-10-12-24-26(19)18-8-4-3-5-9-18/h3-13,20H,14-16H2,1-2H3/t20-/m0/s1. The number of hydrogen-bond donors (Lipinski definition) is 0. The molecule has 0 aliphatic carbocycles. The monoisotopic (exact) mass is 392 g/mol. The van der Waals surface area contributed by atoms with Crippen molar-refractivity contribution < 1.29 is 14.3 Å². The van der Waals surface area contributed by atoms with Crippen LogP contribution in [0.25, 0.3) is 5.69 Å². The van der Waals surface area contributed by atoms with Crippen LogP contribution in [0.5, 0.6) is 0 Å². The Hall–Kier alpha value is -3.03. The molecule has 1 aromatic carbocycles. The molecule has 1 aliphatic heterocycles. The van der Waals surface area contributed by atoms with Crippen LogP contribution in [0.15, 0.2) is 67.1 Å². The van der Waals surface area contributed by atoms with Gasteiger partial charge in [0.25, 0.3) is 5.91 Å². The van der Waals surface area contributed by atoms with Crippen molar-refractivity contribution in [3.8, 4) is 5.69 Å². The molecule has 7 nitrogen and oxygen atoms in total. The minimum Gasteiger partial charge on any atom is -0.348 e. The largest absolute Gasteiger partial charge is 0.348 e. The Morgan fingerprint density at radius 3 is 2.69 bits per heavy atom. The average molecular weight is 392 g/mol. The SMILES string of the molecule is CC1(C)OC[C@H](CN(Cc2ccnn2-c2ccccc2)C(=O)c2cccnc2)O1. The molecule has 150 valence electrons. The normalized spacial score (nSPS) is 17.9. The second-order valence-corrected chi connectivity index (χ2v) is 7.45. The van der Waals surface area contributed by atoms with Crippen LogP contribution < -0.4 is 0 Å². The number of carbonyl (C=O) groups is 1. The Morgan fingerprint density at radius 2 is 2.00 bits per heavy atom. The van der Waals surface area contributed by atoms with Crippen LogP contribution in [0, 0.1) is 0 Å². The van der Waals surface area contributed by atoms with Gasteiger partial charge in [-0.15, -0.1) is 0 Å². The molecule has 0 spiro atoms. The first-order valence-corrected chi connectivity index (χ1v) is 9.61. The number of nitrogens with zero attached hydrogens (tertiary/aromatic N) is 4. The number of rotatable bonds is 6. The minimum absolute atomic E-state index is 0.104. The second-order valence-electron chi connectivity index (χ2n) is 7.45. The summed E-state index contributed by atoms with van der Waals surface area (Å²) in [5.74, 6) is -0.744. The maximum Gasteiger partial charge on any atom is 0.255 e. The zero-order valence-corrected chi connectivity index (χ0v) is 16.6. The van der Waals surface area contributed by atoms with Gasteiger partial charge in [-0.2, -0.15) is 5.10 Å². The Bertz CT molecular complexity index is 956. The van der Waals surface area contributed by atoms with E-state index in [1.165, 1.54) is 0 Å². The lowest BCUT2D eigenvalue weighted by molar-refractivity contribution is -0.139. The van der Waals surface area contributed by atoms with Crippen LogP contribution in [0.3, 0.4) is 0 Å². The summed E-state index contributed by atoms with van der Waals surface area (Å²) >= 11 is 0. The van der Waals surface area contributed by atoms with Gasteiger partial charge >= 0.3 is 0 Å².